The summed E-state index contributed by atoms with van der Waals surface area (Å²) in [6.45, 7) is 10.1. The fourth-order valence-corrected chi connectivity index (χ4v) is 2.90. The van der Waals surface area contributed by atoms with Crippen LogP contribution in [0.3, 0.4) is 0 Å². The minimum absolute atomic E-state index is 0.263. The Morgan fingerprint density at radius 1 is 1.31 bits per heavy atom. The van der Waals surface area contributed by atoms with Crippen molar-refractivity contribution < 1.29 is 4.74 Å². The molecule has 94 valence electrons. The monoisotopic (exact) mass is 226 g/mol. The summed E-state index contributed by atoms with van der Waals surface area (Å²) >= 11 is 0. The molecule has 2 aliphatic heterocycles. The van der Waals surface area contributed by atoms with Crippen LogP contribution in [0, 0.1) is 5.92 Å². The number of piperidine rings is 1. The second-order valence-electron chi connectivity index (χ2n) is 5.66. The van der Waals surface area contributed by atoms with Gasteiger partial charge in [-0.1, -0.05) is 13.3 Å². The molecule has 0 amide bonds. The second-order valence-corrected chi connectivity index (χ2v) is 5.66. The average molecular weight is 226 g/mol. The molecule has 2 fully saturated rings. The van der Waals surface area contributed by atoms with Gasteiger partial charge in [-0.15, -0.1) is 0 Å². The Morgan fingerprint density at radius 3 is 2.75 bits per heavy atom. The molecule has 3 nitrogen and oxygen atoms in total. The van der Waals surface area contributed by atoms with Crippen molar-refractivity contribution in [3.63, 3.8) is 0 Å². The minimum Gasteiger partial charge on any atom is -0.361 e. The Balaban J connectivity index is 1.94. The molecule has 0 aromatic heterocycles. The molecule has 0 aromatic rings. The molecule has 2 heterocycles. The smallest absolute Gasteiger partial charge is 0.123 e. The minimum atomic E-state index is 0.263. The molecule has 0 bridgehead atoms. The molecule has 0 spiro atoms. The Morgan fingerprint density at radius 2 is 2.12 bits per heavy atom. The summed E-state index contributed by atoms with van der Waals surface area (Å²) < 4.78 is 5.96. The molecule has 2 rings (SSSR count). The molecule has 0 saturated carbocycles. The number of nitrogens with zero attached hydrogens (tertiary/aromatic N) is 1. The van der Waals surface area contributed by atoms with Crippen LogP contribution in [0.5, 0.6) is 0 Å². The highest BCUT2D eigenvalue weighted by molar-refractivity contribution is 4.86. The van der Waals surface area contributed by atoms with Gasteiger partial charge in [0.2, 0.25) is 0 Å². The molecule has 3 unspecified atom stereocenters. The first-order valence-electron chi connectivity index (χ1n) is 6.79. The Hall–Kier alpha value is -0.120. The van der Waals surface area contributed by atoms with Crippen molar-refractivity contribution in [2.45, 2.75) is 58.3 Å². The average Bonchev–Trinajstić information content (AvgIpc) is 2.30. The summed E-state index contributed by atoms with van der Waals surface area (Å²) in [5.74, 6) is 0.660. The van der Waals surface area contributed by atoms with Gasteiger partial charge >= 0.3 is 0 Å². The third-order valence-electron chi connectivity index (χ3n) is 3.83. The summed E-state index contributed by atoms with van der Waals surface area (Å²) in [5.41, 5.74) is 0. The summed E-state index contributed by atoms with van der Waals surface area (Å²) in [4.78, 5) is 2.61. The maximum Gasteiger partial charge on any atom is 0.123 e. The molecule has 3 atom stereocenters. The van der Waals surface area contributed by atoms with Gasteiger partial charge in [0, 0.05) is 18.6 Å². The zero-order valence-electron chi connectivity index (χ0n) is 10.9. The normalized spacial score (nSPS) is 37.9. The van der Waals surface area contributed by atoms with Gasteiger partial charge in [-0.2, -0.15) is 0 Å². The topological polar surface area (TPSA) is 24.5 Å². The maximum atomic E-state index is 5.96. The number of nitrogens with one attached hydrogen (secondary N) is 1. The van der Waals surface area contributed by atoms with Gasteiger partial charge in [-0.3, -0.25) is 10.2 Å². The van der Waals surface area contributed by atoms with E-state index in [0.717, 1.165) is 13.2 Å². The quantitative estimate of drug-likeness (QED) is 0.777. The summed E-state index contributed by atoms with van der Waals surface area (Å²) in [5, 5.41) is 3.56. The molecule has 3 heteroatoms. The molecule has 0 aromatic carbocycles. The van der Waals surface area contributed by atoms with Crippen LogP contribution in [0.4, 0.5) is 0 Å². The predicted octanol–water partition coefficient (Wildman–Crippen LogP) is 1.83. The lowest BCUT2D eigenvalue weighted by Crippen LogP contribution is -2.58. The van der Waals surface area contributed by atoms with Crippen LogP contribution in [0.1, 0.15) is 40.0 Å². The third kappa shape index (κ3) is 2.76. The molecule has 1 N–H and O–H groups in total. The highest BCUT2D eigenvalue weighted by Gasteiger charge is 2.33. The highest BCUT2D eigenvalue weighted by Crippen LogP contribution is 2.24. The van der Waals surface area contributed by atoms with E-state index >= 15 is 0 Å². The second kappa shape index (κ2) is 5.48. The molecule has 2 saturated heterocycles. The number of ether oxygens (including phenoxy) is 1. The van der Waals surface area contributed by atoms with Crippen LogP contribution in [-0.2, 0) is 4.74 Å². The van der Waals surface area contributed by atoms with Crippen LogP contribution >= 0.6 is 0 Å². The van der Waals surface area contributed by atoms with Crippen molar-refractivity contribution in [2.75, 3.05) is 19.7 Å². The molecular formula is C13H26N2O. The van der Waals surface area contributed by atoms with E-state index in [0.29, 0.717) is 18.0 Å². The Bertz CT molecular complexity index is 212. The molecule has 0 aliphatic carbocycles. The zero-order valence-corrected chi connectivity index (χ0v) is 10.9. The van der Waals surface area contributed by atoms with Gasteiger partial charge in [0.1, 0.15) is 6.23 Å². The zero-order chi connectivity index (χ0) is 11.5. The predicted molar refractivity (Wildman–Crippen MR) is 66.4 cm³/mol. The number of hydrogen-bond acceptors (Lipinski definition) is 3. The largest absolute Gasteiger partial charge is 0.361 e. The lowest BCUT2D eigenvalue weighted by atomic mass is 9.98. The fourth-order valence-electron chi connectivity index (χ4n) is 2.90. The van der Waals surface area contributed by atoms with Crippen LogP contribution in [-0.4, -0.2) is 42.9 Å². The first-order chi connectivity index (χ1) is 7.68. The molecule has 0 radical (unpaired) electrons. The van der Waals surface area contributed by atoms with Gasteiger partial charge in [-0.05, 0) is 39.2 Å². The van der Waals surface area contributed by atoms with Crippen LogP contribution in [0.15, 0.2) is 0 Å². The summed E-state index contributed by atoms with van der Waals surface area (Å²) in [7, 11) is 0. The van der Waals surface area contributed by atoms with E-state index in [1.165, 1.54) is 25.8 Å². The van der Waals surface area contributed by atoms with Crippen molar-refractivity contribution in [1.29, 1.82) is 0 Å². The van der Waals surface area contributed by atoms with Crippen LogP contribution in [0.2, 0.25) is 0 Å². The van der Waals surface area contributed by atoms with Gasteiger partial charge < -0.3 is 4.74 Å². The molecule has 16 heavy (non-hydrogen) atoms. The number of rotatable bonds is 2. The lowest BCUT2D eigenvalue weighted by Gasteiger charge is -2.44. The highest BCUT2D eigenvalue weighted by atomic mass is 16.5. The standard InChI is InChI=1S/C13H26N2O/c1-10(2)15-7-5-4-6-12(15)13-14-8-11(3)9-16-13/h10-14H,4-9H2,1-3H3. The third-order valence-corrected chi connectivity index (χ3v) is 3.83. The molecular weight excluding hydrogens is 200 g/mol. The van der Waals surface area contributed by atoms with Crippen molar-refractivity contribution in [3.8, 4) is 0 Å². The van der Waals surface area contributed by atoms with Crippen LogP contribution in [0.25, 0.3) is 0 Å². The Kier molecular flexibility index (Phi) is 4.22. The Labute approximate surface area is 99.5 Å². The van der Waals surface area contributed by atoms with Crippen molar-refractivity contribution in [2.24, 2.45) is 5.92 Å². The van der Waals surface area contributed by atoms with Crippen molar-refractivity contribution in [3.05, 3.63) is 0 Å². The van der Waals surface area contributed by atoms with E-state index in [2.05, 4.69) is 31.0 Å². The SMILES string of the molecule is CC1CNC(C2CCCCN2C(C)C)OC1. The van der Waals surface area contributed by atoms with Gasteiger partial charge in [0.25, 0.3) is 0 Å². The summed E-state index contributed by atoms with van der Waals surface area (Å²) in [6, 6.07) is 1.22. The lowest BCUT2D eigenvalue weighted by molar-refractivity contribution is -0.0875. The van der Waals surface area contributed by atoms with Crippen molar-refractivity contribution in [1.82, 2.24) is 10.2 Å². The van der Waals surface area contributed by atoms with E-state index in [-0.39, 0.29) is 6.23 Å². The number of likely N-dealkylation sites (tertiary alicyclic amines) is 1. The van der Waals surface area contributed by atoms with E-state index in [4.69, 9.17) is 4.74 Å². The first kappa shape index (κ1) is 12.3. The van der Waals surface area contributed by atoms with Gasteiger partial charge in [0.15, 0.2) is 0 Å². The van der Waals surface area contributed by atoms with Gasteiger partial charge in [0.05, 0.1) is 6.61 Å². The van der Waals surface area contributed by atoms with Crippen molar-refractivity contribution >= 4 is 0 Å². The number of hydrogen-bond donors (Lipinski definition) is 1. The summed E-state index contributed by atoms with van der Waals surface area (Å²) in [6.07, 6.45) is 4.24. The maximum absolute atomic E-state index is 5.96. The van der Waals surface area contributed by atoms with E-state index in [1.807, 2.05) is 0 Å². The molecule has 2 aliphatic rings. The van der Waals surface area contributed by atoms with Crippen LogP contribution < -0.4 is 5.32 Å². The first-order valence-corrected chi connectivity index (χ1v) is 6.79. The van der Waals surface area contributed by atoms with E-state index in [9.17, 15) is 0 Å². The van der Waals surface area contributed by atoms with E-state index < -0.39 is 0 Å². The fraction of sp³-hybridized carbons (Fsp3) is 1.00. The van der Waals surface area contributed by atoms with Gasteiger partial charge in [-0.25, -0.2) is 0 Å². The van der Waals surface area contributed by atoms with E-state index in [1.54, 1.807) is 0 Å².